The predicted molar refractivity (Wildman–Crippen MR) is 67.9 cm³/mol. The average Bonchev–Trinajstić information content (AvgIpc) is 2.64. The summed E-state index contributed by atoms with van der Waals surface area (Å²) in [5.41, 5.74) is 2.61. The first-order valence-corrected chi connectivity index (χ1v) is 6.58. The highest BCUT2D eigenvalue weighted by Gasteiger charge is 2.39. The second kappa shape index (κ2) is 3.86. The quantitative estimate of drug-likeness (QED) is 0.670. The molecule has 0 bridgehead atoms. The lowest BCUT2D eigenvalue weighted by atomic mass is 9.93. The normalized spacial score (nSPS) is 32.0. The Bertz CT molecular complexity index is 454. The van der Waals surface area contributed by atoms with Crippen LogP contribution < -0.4 is 0 Å². The fourth-order valence-corrected chi connectivity index (χ4v) is 3.42. The van der Waals surface area contributed by atoms with Gasteiger partial charge < -0.3 is 4.90 Å². The van der Waals surface area contributed by atoms with Crippen LogP contribution in [0.2, 0.25) is 0 Å². The van der Waals surface area contributed by atoms with E-state index in [1.54, 1.807) is 0 Å². The maximum absolute atomic E-state index is 12.5. The fourth-order valence-electron chi connectivity index (χ4n) is 3.42. The Hall–Kier alpha value is -1.31. The van der Waals surface area contributed by atoms with Crippen molar-refractivity contribution < 1.29 is 4.79 Å². The summed E-state index contributed by atoms with van der Waals surface area (Å²) in [5, 5.41) is 0. The molecule has 0 spiro atoms. The van der Waals surface area contributed by atoms with Gasteiger partial charge in [-0.2, -0.15) is 0 Å². The van der Waals surface area contributed by atoms with Crippen LogP contribution in [0.1, 0.15) is 43.7 Å². The predicted octanol–water partition coefficient (Wildman–Crippen LogP) is 2.73. The minimum atomic E-state index is 0.0248. The third kappa shape index (κ3) is 1.58. The molecule has 0 N–H and O–H groups in total. The minimum absolute atomic E-state index is 0.0248. The monoisotopic (exact) mass is 229 g/mol. The van der Waals surface area contributed by atoms with Gasteiger partial charge in [-0.25, -0.2) is 0 Å². The summed E-state index contributed by atoms with van der Waals surface area (Å²) in [6.45, 7) is 4.23. The molecule has 2 aliphatic heterocycles. The van der Waals surface area contributed by atoms with Crippen molar-refractivity contribution in [1.82, 2.24) is 4.90 Å². The first kappa shape index (κ1) is 10.8. The molecule has 0 saturated carbocycles. The Kier molecular flexibility index (Phi) is 2.46. The van der Waals surface area contributed by atoms with Crippen LogP contribution in [-0.4, -0.2) is 22.9 Å². The molecule has 2 nitrogen and oxygen atoms in total. The van der Waals surface area contributed by atoms with E-state index in [4.69, 9.17) is 0 Å². The van der Waals surface area contributed by atoms with Gasteiger partial charge >= 0.3 is 0 Å². The minimum Gasteiger partial charge on any atom is -0.336 e. The van der Waals surface area contributed by atoms with E-state index in [0.717, 1.165) is 19.3 Å². The van der Waals surface area contributed by atoms with Gasteiger partial charge in [-0.1, -0.05) is 24.3 Å². The molecule has 1 aromatic carbocycles. The van der Waals surface area contributed by atoms with Crippen LogP contribution in [0.5, 0.6) is 0 Å². The highest BCUT2D eigenvalue weighted by Crippen LogP contribution is 2.35. The third-order valence-electron chi connectivity index (χ3n) is 4.39. The summed E-state index contributed by atoms with van der Waals surface area (Å²) in [5.74, 6) is 0.349. The second-order valence-electron chi connectivity index (χ2n) is 5.45. The van der Waals surface area contributed by atoms with E-state index in [0.29, 0.717) is 18.0 Å². The largest absolute Gasteiger partial charge is 0.336 e. The molecule has 0 unspecified atom stereocenters. The Morgan fingerprint density at radius 3 is 2.76 bits per heavy atom. The van der Waals surface area contributed by atoms with Gasteiger partial charge in [-0.15, -0.1) is 0 Å². The summed E-state index contributed by atoms with van der Waals surface area (Å²) in [6, 6.07) is 9.29. The van der Waals surface area contributed by atoms with Crippen molar-refractivity contribution in [1.29, 1.82) is 0 Å². The highest BCUT2D eigenvalue weighted by atomic mass is 16.2. The van der Waals surface area contributed by atoms with Crippen molar-refractivity contribution in [3.05, 3.63) is 35.4 Å². The van der Waals surface area contributed by atoms with E-state index >= 15 is 0 Å². The first-order valence-electron chi connectivity index (χ1n) is 6.58. The van der Waals surface area contributed by atoms with Crippen LogP contribution in [0, 0.1) is 0 Å². The number of carbonyl (C=O) groups is 1. The Labute approximate surface area is 103 Å². The maximum atomic E-state index is 12.5. The standard InChI is InChI=1S/C15H19NO/c1-10-7-8-13-9-12-5-3-4-6-14(12)11(2)15(17)16(10)13/h3-6,10-11,13H,7-9H2,1-2H3/t10-,11+,13-/m1/s1. The molecule has 1 saturated heterocycles. The van der Waals surface area contributed by atoms with E-state index in [1.165, 1.54) is 11.1 Å². The van der Waals surface area contributed by atoms with Crippen LogP contribution in [0.25, 0.3) is 0 Å². The van der Waals surface area contributed by atoms with Crippen LogP contribution in [-0.2, 0) is 11.2 Å². The zero-order valence-electron chi connectivity index (χ0n) is 10.5. The fraction of sp³-hybridized carbons (Fsp3) is 0.533. The molecule has 3 atom stereocenters. The number of benzene rings is 1. The number of nitrogens with zero attached hydrogens (tertiary/aromatic N) is 1. The Morgan fingerprint density at radius 2 is 1.94 bits per heavy atom. The highest BCUT2D eigenvalue weighted by molar-refractivity contribution is 5.85. The summed E-state index contributed by atoms with van der Waals surface area (Å²) in [7, 11) is 0. The van der Waals surface area contributed by atoms with Crippen molar-refractivity contribution >= 4 is 5.91 Å². The van der Waals surface area contributed by atoms with Gasteiger partial charge in [0.15, 0.2) is 0 Å². The molecule has 2 aliphatic rings. The van der Waals surface area contributed by atoms with E-state index in [-0.39, 0.29) is 5.92 Å². The number of hydrogen-bond acceptors (Lipinski definition) is 1. The molecule has 1 fully saturated rings. The SMILES string of the molecule is C[C@@H]1C(=O)N2[C@H](CC[C@H]2C)Cc2ccccc21. The average molecular weight is 229 g/mol. The molecule has 1 amide bonds. The molecular formula is C15H19NO. The van der Waals surface area contributed by atoms with Gasteiger partial charge in [0.05, 0.1) is 5.92 Å². The third-order valence-corrected chi connectivity index (χ3v) is 4.39. The number of hydrogen-bond donors (Lipinski definition) is 0. The molecule has 0 aromatic heterocycles. The van der Waals surface area contributed by atoms with Crippen molar-refractivity contribution in [3.8, 4) is 0 Å². The van der Waals surface area contributed by atoms with Crippen molar-refractivity contribution in [2.75, 3.05) is 0 Å². The molecule has 1 aromatic rings. The lowest BCUT2D eigenvalue weighted by molar-refractivity contribution is -0.134. The van der Waals surface area contributed by atoms with Crippen molar-refractivity contribution in [2.45, 2.75) is 51.1 Å². The van der Waals surface area contributed by atoms with Gasteiger partial charge in [0.2, 0.25) is 5.91 Å². The second-order valence-corrected chi connectivity index (χ2v) is 5.45. The smallest absolute Gasteiger partial charge is 0.230 e. The van der Waals surface area contributed by atoms with Crippen LogP contribution in [0.4, 0.5) is 0 Å². The van der Waals surface area contributed by atoms with Crippen LogP contribution >= 0.6 is 0 Å². The van der Waals surface area contributed by atoms with E-state index in [9.17, 15) is 4.79 Å². The van der Waals surface area contributed by atoms with Gasteiger partial charge in [-0.05, 0) is 44.2 Å². The summed E-state index contributed by atoms with van der Waals surface area (Å²) in [6.07, 6.45) is 3.36. The summed E-state index contributed by atoms with van der Waals surface area (Å²) in [4.78, 5) is 14.7. The maximum Gasteiger partial charge on any atom is 0.230 e. The molecule has 0 aliphatic carbocycles. The lowest BCUT2D eigenvalue weighted by Gasteiger charge is -2.28. The molecule has 90 valence electrons. The Morgan fingerprint density at radius 1 is 1.18 bits per heavy atom. The van der Waals surface area contributed by atoms with Gasteiger partial charge in [0.1, 0.15) is 0 Å². The number of amides is 1. The van der Waals surface area contributed by atoms with Gasteiger partial charge in [0, 0.05) is 12.1 Å². The molecule has 17 heavy (non-hydrogen) atoms. The van der Waals surface area contributed by atoms with Gasteiger partial charge in [0.25, 0.3) is 0 Å². The van der Waals surface area contributed by atoms with E-state index in [1.807, 2.05) is 6.07 Å². The van der Waals surface area contributed by atoms with Gasteiger partial charge in [-0.3, -0.25) is 4.79 Å². The molecular weight excluding hydrogens is 210 g/mol. The summed E-state index contributed by atoms with van der Waals surface area (Å²) >= 11 is 0. The molecule has 2 heteroatoms. The number of rotatable bonds is 0. The topological polar surface area (TPSA) is 20.3 Å². The van der Waals surface area contributed by atoms with Crippen molar-refractivity contribution in [2.24, 2.45) is 0 Å². The van der Waals surface area contributed by atoms with Crippen molar-refractivity contribution in [3.63, 3.8) is 0 Å². The summed E-state index contributed by atoms with van der Waals surface area (Å²) < 4.78 is 0. The zero-order valence-corrected chi connectivity index (χ0v) is 10.5. The number of carbonyl (C=O) groups excluding carboxylic acids is 1. The van der Waals surface area contributed by atoms with Crippen LogP contribution in [0.15, 0.2) is 24.3 Å². The lowest BCUT2D eigenvalue weighted by Crippen LogP contribution is -2.41. The molecule has 3 rings (SSSR count). The van der Waals surface area contributed by atoms with E-state index < -0.39 is 0 Å². The zero-order chi connectivity index (χ0) is 12.0. The van der Waals surface area contributed by atoms with Crippen LogP contribution in [0.3, 0.4) is 0 Å². The van der Waals surface area contributed by atoms with E-state index in [2.05, 4.69) is 36.9 Å². The molecule has 0 radical (unpaired) electrons. The number of fused-ring (bicyclic) bond motifs is 2. The Balaban J connectivity index is 2.06. The first-order chi connectivity index (χ1) is 8.18. The molecule has 2 heterocycles.